The number of hydrogen-bond donors (Lipinski definition) is 0. The van der Waals surface area contributed by atoms with Crippen molar-refractivity contribution in [1.82, 2.24) is 19.9 Å². The molecule has 3 aromatic rings. The second-order valence-corrected chi connectivity index (χ2v) is 11.9. The van der Waals surface area contributed by atoms with Crippen LogP contribution in [0.15, 0.2) is 53.6 Å². The van der Waals surface area contributed by atoms with Gasteiger partial charge in [0.15, 0.2) is 0 Å². The molecule has 0 radical (unpaired) electrons. The molecule has 0 saturated heterocycles. The molecule has 7 nitrogen and oxygen atoms in total. The van der Waals surface area contributed by atoms with Crippen LogP contribution in [0.5, 0.6) is 5.75 Å². The fourth-order valence-electron chi connectivity index (χ4n) is 3.60. The lowest BCUT2D eigenvalue weighted by atomic mass is 10.1. The van der Waals surface area contributed by atoms with E-state index in [0.717, 1.165) is 28.5 Å². The highest BCUT2D eigenvalue weighted by molar-refractivity contribution is 8.77. The summed E-state index contributed by atoms with van der Waals surface area (Å²) in [6, 6.07) is 14.8. The fraction of sp³-hybridized carbons (Fsp3) is 0.360. The van der Waals surface area contributed by atoms with Crippen molar-refractivity contribution in [2.75, 3.05) is 13.7 Å². The van der Waals surface area contributed by atoms with Crippen molar-refractivity contribution >= 4 is 33.4 Å². The van der Waals surface area contributed by atoms with E-state index in [-0.39, 0.29) is 16.6 Å². The molecule has 0 atom stereocenters. The average Bonchev–Trinajstić information content (AvgIpc) is 3.34. The Morgan fingerprint density at radius 2 is 1.53 bits per heavy atom. The van der Waals surface area contributed by atoms with Crippen LogP contribution in [0.3, 0.4) is 0 Å². The summed E-state index contributed by atoms with van der Waals surface area (Å²) < 4.78 is 7.27. The molecule has 0 spiro atoms. The van der Waals surface area contributed by atoms with Crippen molar-refractivity contribution < 1.29 is 14.3 Å². The highest BCUT2D eigenvalue weighted by atomic mass is 33.1. The third-order valence-electron chi connectivity index (χ3n) is 5.30. The van der Waals surface area contributed by atoms with Gasteiger partial charge in [0.05, 0.1) is 18.2 Å². The van der Waals surface area contributed by atoms with Gasteiger partial charge in [0, 0.05) is 23.4 Å². The molecule has 34 heavy (non-hydrogen) atoms. The Morgan fingerprint density at radius 3 is 2.12 bits per heavy atom. The Labute approximate surface area is 207 Å². The average molecular weight is 497 g/mol. The van der Waals surface area contributed by atoms with Crippen LogP contribution >= 0.6 is 21.6 Å². The van der Waals surface area contributed by atoms with E-state index in [4.69, 9.17) is 4.74 Å². The summed E-state index contributed by atoms with van der Waals surface area (Å²) in [6.45, 7) is 7.57. The first-order valence-electron chi connectivity index (χ1n) is 11.2. The lowest BCUT2D eigenvalue weighted by Gasteiger charge is -2.17. The quantitative estimate of drug-likeness (QED) is 0.218. The summed E-state index contributed by atoms with van der Waals surface area (Å²) in [5.74, 6) is 0.379. The molecule has 178 valence electrons. The highest BCUT2D eigenvalue weighted by Gasteiger charge is 2.34. The number of carbonyl (C=O) groups is 2. The molecule has 0 fully saturated rings. The van der Waals surface area contributed by atoms with Crippen LogP contribution in [0.4, 0.5) is 0 Å². The summed E-state index contributed by atoms with van der Waals surface area (Å²) in [5.41, 5.74) is 2.80. The third kappa shape index (κ3) is 5.31. The molecule has 1 aliphatic heterocycles. The van der Waals surface area contributed by atoms with Crippen LogP contribution in [-0.2, 0) is 6.54 Å². The van der Waals surface area contributed by atoms with E-state index in [9.17, 15) is 9.59 Å². The van der Waals surface area contributed by atoms with Crippen LogP contribution < -0.4 is 4.74 Å². The Balaban J connectivity index is 1.43. The van der Waals surface area contributed by atoms with Crippen molar-refractivity contribution in [2.45, 2.75) is 49.9 Å². The number of aryl methyl sites for hydroxylation is 1. The monoisotopic (exact) mass is 496 g/mol. The van der Waals surface area contributed by atoms with E-state index >= 15 is 0 Å². The van der Waals surface area contributed by atoms with Crippen molar-refractivity contribution in [2.24, 2.45) is 0 Å². The zero-order valence-corrected chi connectivity index (χ0v) is 21.4. The molecule has 0 bridgehead atoms. The number of unbranched alkanes of at least 4 members (excludes halogenated alkanes) is 1. The SMILES string of the molecule is COc1ccc(-c2nnn(CCCCN3C(=O)c4ccccc4C3=O)c2SSC(C)(C)C)cc1. The Morgan fingerprint density at radius 1 is 0.912 bits per heavy atom. The number of hydrogen-bond acceptors (Lipinski definition) is 7. The molecule has 2 aromatic carbocycles. The van der Waals surface area contributed by atoms with E-state index in [2.05, 4.69) is 31.1 Å². The largest absolute Gasteiger partial charge is 0.497 e. The number of rotatable bonds is 9. The normalized spacial score (nSPS) is 13.5. The zero-order valence-electron chi connectivity index (χ0n) is 19.8. The second-order valence-electron chi connectivity index (χ2n) is 8.99. The molecule has 2 heterocycles. The number of methoxy groups -OCH3 is 1. The van der Waals surface area contributed by atoms with Gasteiger partial charge in [-0.3, -0.25) is 14.5 Å². The standard InChI is InChI=1S/C25H28N4O3S2/c1-25(2,3)34-33-24-21(17-11-13-18(32-4)14-12-17)26-27-29(24)16-8-7-15-28-22(30)19-9-5-6-10-20(19)23(28)31/h5-6,9-14H,7-8,15-16H2,1-4H3. The molecule has 0 aliphatic carbocycles. The van der Waals surface area contributed by atoms with E-state index in [1.54, 1.807) is 53.0 Å². The first-order chi connectivity index (χ1) is 16.3. The molecule has 4 rings (SSSR count). The van der Waals surface area contributed by atoms with Crippen molar-refractivity contribution in [1.29, 1.82) is 0 Å². The maximum absolute atomic E-state index is 12.6. The molecule has 2 amide bonds. The number of fused-ring (bicyclic) bond motifs is 1. The summed E-state index contributed by atoms with van der Waals surface area (Å²) in [7, 11) is 5.09. The van der Waals surface area contributed by atoms with Gasteiger partial charge in [0.2, 0.25) is 0 Å². The van der Waals surface area contributed by atoms with Gasteiger partial charge in [0.1, 0.15) is 16.5 Å². The van der Waals surface area contributed by atoms with Gasteiger partial charge in [-0.25, -0.2) is 4.68 Å². The maximum Gasteiger partial charge on any atom is 0.261 e. The molecular weight excluding hydrogens is 468 g/mol. The molecule has 1 aliphatic rings. The van der Waals surface area contributed by atoms with Gasteiger partial charge in [-0.1, -0.05) is 48.9 Å². The van der Waals surface area contributed by atoms with Gasteiger partial charge in [-0.2, -0.15) is 0 Å². The molecule has 0 N–H and O–H groups in total. The summed E-state index contributed by atoms with van der Waals surface area (Å²) in [5, 5.41) is 9.88. The lowest BCUT2D eigenvalue weighted by molar-refractivity contribution is 0.0651. The predicted octanol–water partition coefficient (Wildman–Crippen LogP) is 5.57. The van der Waals surface area contributed by atoms with E-state index in [0.29, 0.717) is 30.6 Å². The summed E-state index contributed by atoms with van der Waals surface area (Å²) in [4.78, 5) is 26.5. The number of benzene rings is 2. The minimum Gasteiger partial charge on any atom is -0.497 e. The fourth-order valence-corrected chi connectivity index (χ4v) is 5.86. The van der Waals surface area contributed by atoms with E-state index in [1.165, 1.54) is 4.90 Å². The van der Waals surface area contributed by atoms with Crippen LogP contribution in [0.25, 0.3) is 11.3 Å². The van der Waals surface area contributed by atoms with Crippen LogP contribution in [0, 0.1) is 0 Å². The minimum atomic E-state index is -0.207. The number of aromatic nitrogens is 3. The van der Waals surface area contributed by atoms with Gasteiger partial charge < -0.3 is 4.74 Å². The van der Waals surface area contributed by atoms with Crippen molar-refractivity contribution in [3.05, 3.63) is 59.7 Å². The maximum atomic E-state index is 12.6. The Hall–Kier alpha value is -2.78. The van der Waals surface area contributed by atoms with E-state index in [1.807, 2.05) is 28.9 Å². The number of imide groups is 1. The zero-order chi connectivity index (χ0) is 24.3. The number of ether oxygens (including phenoxy) is 1. The number of carbonyl (C=O) groups excluding carboxylic acids is 2. The third-order valence-corrected chi connectivity index (χ3v) is 8.67. The van der Waals surface area contributed by atoms with Gasteiger partial charge >= 0.3 is 0 Å². The topological polar surface area (TPSA) is 77.3 Å². The minimum absolute atomic E-state index is 0.0719. The molecule has 9 heteroatoms. The van der Waals surface area contributed by atoms with Gasteiger partial charge in [-0.05, 0) is 60.0 Å². The van der Waals surface area contributed by atoms with Crippen LogP contribution in [0.2, 0.25) is 0 Å². The molecular formula is C25H28N4O3S2. The van der Waals surface area contributed by atoms with Gasteiger partial charge in [0.25, 0.3) is 11.8 Å². The smallest absolute Gasteiger partial charge is 0.261 e. The summed E-state index contributed by atoms with van der Waals surface area (Å²) in [6.07, 6.45) is 1.46. The number of nitrogens with zero attached hydrogens (tertiary/aromatic N) is 4. The van der Waals surface area contributed by atoms with Crippen molar-refractivity contribution in [3.63, 3.8) is 0 Å². The summed E-state index contributed by atoms with van der Waals surface area (Å²) >= 11 is 0. The number of amides is 2. The molecule has 0 unspecified atom stereocenters. The van der Waals surface area contributed by atoms with Crippen LogP contribution in [0.1, 0.15) is 54.3 Å². The Kier molecular flexibility index (Phi) is 7.33. The van der Waals surface area contributed by atoms with Crippen LogP contribution in [-0.4, -0.2) is 50.1 Å². The molecule has 1 aromatic heterocycles. The first kappa shape index (κ1) is 24.3. The van der Waals surface area contributed by atoms with Crippen molar-refractivity contribution in [3.8, 4) is 17.0 Å². The predicted molar refractivity (Wildman–Crippen MR) is 136 cm³/mol. The lowest BCUT2D eigenvalue weighted by Crippen LogP contribution is -2.30. The highest BCUT2D eigenvalue weighted by Crippen LogP contribution is 2.43. The van der Waals surface area contributed by atoms with Gasteiger partial charge in [-0.15, -0.1) is 5.10 Å². The Bertz CT molecular complexity index is 1150. The molecule has 0 saturated carbocycles. The second kappa shape index (κ2) is 10.2. The first-order valence-corrected chi connectivity index (χ1v) is 13.3. The van der Waals surface area contributed by atoms with E-state index < -0.39 is 0 Å².